The molecule has 34 heavy (non-hydrogen) atoms. The number of carbonyl (C=O) groups is 1. The largest absolute Gasteiger partial charge is 0.474 e. The predicted molar refractivity (Wildman–Crippen MR) is 121 cm³/mol. The van der Waals surface area contributed by atoms with Gasteiger partial charge in [0.25, 0.3) is 5.91 Å². The number of carbonyl (C=O) groups excluding carboxylic acids is 1. The van der Waals surface area contributed by atoms with E-state index >= 15 is 0 Å². The zero-order valence-electron chi connectivity index (χ0n) is 19.2. The van der Waals surface area contributed by atoms with Gasteiger partial charge in [-0.1, -0.05) is 0 Å². The fourth-order valence-electron chi connectivity index (χ4n) is 4.50. The fourth-order valence-corrected chi connectivity index (χ4v) is 4.50. The van der Waals surface area contributed by atoms with Gasteiger partial charge in [0.15, 0.2) is 5.65 Å². The lowest BCUT2D eigenvalue weighted by molar-refractivity contribution is -0.0597. The zero-order chi connectivity index (χ0) is 23.4. The normalized spacial score (nSPS) is 22.1. The van der Waals surface area contributed by atoms with Crippen molar-refractivity contribution in [2.75, 3.05) is 18.5 Å². The van der Waals surface area contributed by atoms with Crippen LogP contribution in [0.4, 0.5) is 5.69 Å². The Bertz CT molecular complexity index is 1410. The summed E-state index contributed by atoms with van der Waals surface area (Å²) in [5.74, 6) is 0.260. The number of aromatic nitrogens is 6. The van der Waals surface area contributed by atoms with Crippen molar-refractivity contribution in [2.45, 2.75) is 51.4 Å². The van der Waals surface area contributed by atoms with Gasteiger partial charge < -0.3 is 19.5 Å². The van der Waals surface area contributed by atoms with E-state index in [0.717, 1.165) is 24.1 Å². The lowest BCUT2D eigenvalue weighted by atomic mass is 9.93. The van der Waals surface area contributed by atoms with Crippen molar-refractivity contribution in [3.05, 3.63) is 47.8 Å². The molecular formula is C23H25N7O4. The Balaban J connectivity index is 1.38. The number of aryl methyl sites for hydroxylation is 1. The number of imidazole rings is 1. The minimum absolute atomic E-state index is 0.179. The minimum Gasteiger partial charge on any atom is -0.474 e. The quantitative estimate of drug-likeness (QED) is 0.480. The van der Waals surface area contributed by atoms with Gasteiger partial charge in [0.05, 0.1) is 37.3 Å². The van der Waals surface area contributed by atoms with Crippen molar-refractivity contribution in [1.82, 2.24) is 29.0 Å². The Morgan fingerprint density at radius 2 is 2.15 bits per heavy atom. The summed E-state index contributed by atoms with van der Waals surface area (Å²) in [5.41, 5.74) is 2.46. The zero-order valence-corrected chi connectivity index (χ0v) is 19.2. The Morgan fingerprint density at radius 1 is 1.26 bits per heavy atom. The first kappa shape index (κ1) is 21.0. The fraction of sp³-hybridized carbons (Fsp3) is 0.435. The van der Waals surface area contributed by atoms with Crippen molar-refractivity contribution in [2.24, 2.45) is 0 Å². The molecule has 2 atom stereocenters. The summed E-state index contributed by atoms with van der Waals surface area (Å²) in [5, 5.41) is 7.17. The van der Waals surface area contributed by atoms with Gasteiger partial charge >= 0.3 is 0 Å². The number of hydrogen-bond donors (Lipinski definition) is 1. The van der Waals surface area contributed by atoms with E-state index < -0.39 is 5.60 Å². The molecule has 4 aromatic heterocycles. The van der Waals surface area contributed by atoms with Gasteiger partial charge in [-0.3, -0.25) is 9.20 Å². The third-order valence-electron chi connectivity index (χ3n) is 6.13. The highest BCUT2D eigenvalue weighted by molar-refractivity contribution is 6.07. The van der Waals surface area contributed by atoms with Gasteiger partial charge in [-0.2, -0.15) is 10.1 Å². The second kappa shape index (κ2) is 7.74. The van der Waals surface area contributed by atoms with E-state index in [1.807, 2.05) is 33.2 Å². The molecule has 6 heterocycles. The maximum atomic E-state index is 13.3. The van der Waals surface area contributed by atoms with E-state index in [9.17, 15) is 4.79 Å². The van der Waals surface area contributed by atoms with Gasteiger partial charge in [0, 0.05) is 31.2 Å². The number of fused-ring (bicyclic) bond motifs is 4. The van der Waals surface area contributed by atoms with Crippen LogP contribution in [0, 0.1) is 6.92 Å². The summed E-state index contributed by atoms with van der Waals surface area (Å²) >= 11 is 0. The lowest BCUT2D eigenvalue weighted by Gasteiger charge is -2.29. The smallest absolute Gasteiger partial charge is 0.262 e. The van der Waals surface area contributed by atoms with E-state index in [4.69, 9.17) is 19.2 Å². The molecule has 176 valence electrons. The SMILES string of the molecule is Cc1cnc2c(NC(=O)c3cn4cc([C@]56COC(CCO5)C6)nc4nc3OC(C)C)cnn2c1. The van der Waals surface area contributed by atoms with Crippen LogP contribution in [-0.2, 0) is 15.1 Å². The molecular weight excluding hydrogens is 438 g/mol. The number of rotatable bonds is 5. The first-order valence-electron chi connectivity index (χ1n) is 11.3. The highest BCUT2D eigenvalue weighted by Gasteiger charge is 2.47. The number of nitrogens with one attached hydrogen (secondary N) is 1. The van der Waals surface area contributed by atoms with Crippen LogP contribution < -0.4 is 10.1 Å². The van der Waals surface area contributed by atoms with Crippen LogP contribution in [-0.4, -0.2) is 60.3 Å². The third kappa shape index (κ3) is 3.48. The highest BCUT2D eigenvalue weighted by atomic mass is 16.6. The summed E-state index contributed by atoms with van der Waals surface area (Å²) in [4.78, 5) is 27.0. The first-order chi connectivity index (χ1) is 16.4. The molecule has 0 aliphatic carbocycles. The standard InChI is InChI=1S/C23H25N7O4/c1-13(2)34-21-16(20(31)26-17-8-25-30-9-14(3)7-24-19(17)30)10-29-11-18(27-22(29)28-21)23-6-15(32-12-23)4-5-33-23/h7-11,13,15H,4-6,12H2,1-3H3,(H,26,31)/t15?,23-/m0/s1. The lowest BCUT2D eigenvalue weighted by Crippen LogP contribution is -2.34. The number of hydrogen-bond acceptors (Lipinski definition) is 8. The molecule has 2 bridgehead atoms. The van der Waals surface area contributed by atoms with E-state index in [1.165, 1.54) is 0 Å². The number of nitrogens with zero attached hydrogens (tertiary/aromatic N) is 6. The van der Waals surface area contributed by atoms with Crippen LogP contribution in [0.1, 0.15) is 48.3 Å². The molecule has 11 nitrogen and oxygen atoms in total. The van der Waals surface area contributed by atoms with Crippen LogP contribution in [0.25, 0.3) is 11.4 Å². The molecule has 1 N–H and O–H groups in total. The van der Waals surface area contributed by atoms with Crippen molar-refractivity contribution in [3.63, 3.8) is 0 Å². The van der Waals surface area contributed by atoms with Crippen molar-refractivity contribution in [3.8, 4) is 5.88 Å². The summed E-state index contributed by atoms with van der Waals surface area (Å²) < 4.78 is 21.2. The molecule has 1 unspecified atom stereocenters. The molecule has 2 saturated heterocycles. The van der Waals surface area contributed by atoms with Gasteiger partial charge in [-0.15, -0.1) is 0 Å². The molecule has 1 amide bonds. The predicted octanol–water partition coefficient (Wildman–Crippen LogP) is 2.52. The highest BCUT2D eigenvalue weighted by Crippen LogP contribution is 2.41. The van der Waals surface area contributed by atoms with Crippen LogP contribution in [0.2, 0.25) is 0 Å². The Morgan fingerprint density at radius 3 is 3.00 bits per heavy atom. The van der Waals surface area contributed by atoms with E-state index in [-0.39, 0.29) is 29.6 Å². The minimum atomic E-state index is -0.570. The Labute approximate surface area is 195 Å². The van der Waals surface area contributed by atoms with E-state index in [0.29, 0.717) is 30.3 Å². The summed E-state index contributed by atoms with van der Waals surface area (Å²) in [6, 6.07) is 0. The first-order valence-corrected chi connectivity index (χ1v) is 11.3. The average Bonchev–Trinajstić information content (AvgIpc) is 3.48. The molecule has 2 fully saturated rings. The Kier molecular flexibility index (Phi) is 4.78. The number of ether oxygens (including phenoxy) is 3. The molecule has 4 aromatic rings. The van der Waals surface area contributed by atoms with Crippen molar-refractivity contribution in [1.29, 1.82) is 0 Å². The number of anilines is 1. The van der Waals surface area contributed by atoms with E-state index in [1.54, 1.807) is 27.5 Å². The van der Waals surface area contributed by atoms with Crippen molar-refractivity contribution < 1.29 is 19.0 Å². The summed E-state index contributed by atoms with van der Waals surface area (Å²) in [6.07, 6.45) is 10.3. The second-order valence-corrected chi connectivity index (χ2v) is 9.14. The number of amides is 1. The molecule has 0 radical (unpaired) electrons. The van der Waals surface area contributed by atoms with Gasteiger partial charge in [0.2, 0.25) is 11.7 Å². The molecule has 2 aliphatic heterocycles. The van der Waals surface area contributed by atoms with E-state index in [2.05, 4.69) is 20.4 Å². The topological polar surface area (TPSA) is 117 Å². The molecule has 2 aliphatic rings. The Hall–Kier alpha value is -3.57. The summed E-state index contributed by atoms with van der Waals surface area (Å²) in [7, 11) is 0. The van der Waals surface area contributed by atoms with Gasteiger partial charge in [0.1, 0.15) is 16.9 Å². The summed E-state index contributed by atoms with van der Waals surface area (Å²) in [6.45, 7) is 6.79. The second-order valence-electron chi connectivity index (χ2n) is 9.14. The monoisotopic (exact) mass is 463 g/mol. The maximum Gasteiger partial charge on any atom is 0.262 e. The van der Waals surface area contributed by atoms with Crippen molar-refractivity contribution >= 4 is 23.0 Å². The molecule has 0 spiro atoms. The molecule has 6 rings (SSSR count). The van der Waals surface area contributed by atoms with Crippen LogP contribution in [0.5, 0.6) is 5.88 Å². The van der Waals surface area contributed by atoms with Crippen LogP contribution >= 0.6 is 0 Å². The van der Waals surface area contributed by atoms with Crippen LogP contribution in [0.3, 0.4) is 0 Å². The van der Waals surface area contributed by atoms with Gasteiger partial charge in [-0.05, 0) is 32.8 Å². The van der Waals surface area contributed by atoms with Crippen LogP contribution in [0.15, 0.2) is 31.0 Å². The van der Waals surface area contributed by atoms with Gasteiger partial charge in [-0.25, -0.2) is 14.5 Å². The average molecular weight is 463 g/mol. The molecule has 0 aromatic carbocycles. The molecule has 11 heteroatoms. The third-order valence-corrected chi connectivity index (χ3v) is 6.13. The maximum absolute atomic E-state index is 13.3. The molecule has 0 saturated carbocycles.